The maximum absolute atomic E-state index is 11.7. The van der Waals surface area contributed by atoms with Crippen molar-refractivity contribution >= 4 is 40.7 Å². The van der Waals surface area contributed by atoms with E-state index in [2.05, 4.69) is 4.74 Å². The molecule has 0 atom stereocenters. The summed E-state index contributed by atoms with van der Waals surface area (Å²) >= 11 is 2.48. The first-order valence-electron chi connectivity index (χ1n) is 4.78. The minimum atomic E-state index is -0.543. The highest BCUT2D eigenvalue weighted by atomic mass is 32.2. The van der Waals surface area contributed by atoms with Gasteiger partial charge in [0.25, 0.3) is 0 Å². The number of esters is 2. The van der Waals surface area contributed by atoms with Crippen molar-refractivity contribution in [2.75, 3.05) is 25.7 Å². The van der Waals surface area contributed by atoms with Gasteiger partial charge in [-0.25, -0.2) is 9.59 Å². The van der Waals surface area contributed by atoms with Crippen LogP contribution in [-0.4, -0.2) is 31.9 Å². The van der Waals surface area contributed by atoms with E-state index in [4.69, 9.17) is 10.5 Å². The van der Waals surface area contributed by atoms with Gasteiger partial charge in [-0.1, -0.05) is 0 Å². The van der Waals surface area contributed by atoms with Crippen molar-refractivity contribution in [1.29, 1.82) is 0 Å². The van der Waals surface area contributed by atoms with Gasteiger partial charge in [0.05, 0.1) is 23.6 Å². The molecule has 0 amide bonds. The minimum Gasteiger partial charge on any atom is -0.465 e. The van der Waals surface area contributed by atoms with E-state index in [1.165, 1.54) is 18.9 Å². The summed E-state index contributed by atoms with van der Waals surface area (Å²) in [6.45, 7) is 1.97. The summed E-state index contributed by atoms with van der Waals surface area (Å²) in [5.41, 5.74) is 6.17. The normalized spacial score (nSPS) is 10.1. The third-order valence-electron chi connectivity index (χ3n) is 1.95. The van der Waals surface area contributed by atoms with Crippen LogP contribution in [0.1, 0.15) is 27.0 Å². The van der Waals surface area contributed by atoms with Crippen molar-refractivity contribution in [1.82, 2.24) is 0 Å². The van der Waals surface area contributed by atoms with Gasteiger partial charge in [-0.15, -0.1) is 23.1 Å². The maximum Gasteiger partial charge on any atom is 0.350 e. The fourth-order valence-corrected chi connectivity index (χ4v) is 3.05. The fraction of sp³-hybridized carbons (Fsp3) is 0.400. The Labute approximate surface area is 107 Å². The van der Waals surface area contributed by atoms with E-state index >= 15 is 0 Å². The van der Waals surface area contributed by atoms with E-state index in [0.717, 1.165) is 11.3 Å². The number of methoxy groups -OCH3 is 1. The van der Waals surface area contributed by atoms with Crippen LogP contribution in [0.2, 0.25) is 0 Å². The van der Waals surface area contributed by atoms with E-state index in [-0.39, 0.29) is 22.7 Å². The van der Waals surface area contributed by atoms with Gasteiger partial charge in [0.2, 0.25) is 0 Å². The molecule has 17 heavy (non-hydrogen) atoms. The van der Waals surface area contributed by atoms with Crippen molar-refractivity contribution in [3.63, 3.8) is 0 Å². The monoisotopic (exact) mass is 275 g/mol. The molecule has 0 aromatic carbocycles. The largest absolute Gasteiger partial charge is 0.465 e. The van der Waals surface area contributed by atoms with Crippen LogP contribution in [0.15, 0.2) is 4.21 Å². The molecule has 0 spiro atoms. The molecule has 0 aliphatic rings. The predicted molar refractivity (Wildman–Crippen MR) is 67.8 cm³/mol. The highest BCUT2D eigenvalue weighted by Gasteiger charge is 2.26. The summed E-state index contributed by atoms with van der Waals surface area (Å²) in [4.78, 5) is 23.4. The number of ether oxygens (including phenoxy) is 2. The Hall–Kier alpha value is -1.21. The third kappa shape index (κ3) is 2.73. The lowest BCUT2D eigenvalue weighted by atomic mass is 10.2. The predicted octanol–water partition coefficient (Wildman–Crippen LogP) is 2.02. The molecule has 1 aromatic heterocycles. The van der Waals surface area contributed by atoms with Crippen LogP contribution in [-0.2, 0) is 9.47 Å². The minimum absolute atomic E-state index is 0.129. The van der Waals surface area contributed by atoms with E-state index < -0.39 is 11.9 Å². The number of thiophene rings is 1. The van der Waals surface area contributed by atoms with E-state index in [1.54, 1.807) is 13.2 Å². The van der Waals surface area contributed by atoms with Gasteiger partial charge >= 0.3 is 11.9 Å². The first-order chi connectivity index (χ1) is 8.06. The Balaban J connectivity index is 3.24. The van der Waals surface area contributed by atoms with Crippen LogP contribution in [0.25, 0.3) is 0 Å². The van der Waals surface area contributed by atoms with Crippen molar-refractivity contribution < 1.29 is 19.1 Å². The van der Waals surface area contributed by atoms with Gasteiger partial charge < -0.3 is 15.2 Å². The van der Waals surface area contributed by atoms with E-state index in [0.29, 0.717) is 4.21 Å². The second-order valence-electron chi connectivity index (χ2n) is 2.92. The van der Waals surface area contributed by atoms with Gasteiger partial charge in [-0.3, -0.25) is 0 Å². The van der Waals surface area contributed by atoms with Crippen molar-refractivity contribution in [2.45, 2.75) is 11.1 Å². The van der Waals surface area contributed by atoms with Crippen molar-refractivity contribution in [3.05, 3.63) is 10.4 Å². The molecule has 0 saturated carbocycles. The zero-order chi connectivity index (χ0) is 13.0. The van der Waals surface area contributed by atoms with Gasteiger partial charge in [-0.2, -0.15) is 0 Å². The molecule has 0 radical (unpaired) electrons. The Bertz CT molecular complexity index is 442. The molecule has 0 unspecified atom stereocenters. The summed E-state index contributed by atoms with van der Waals surface area (Å²) in [5.74, 6) is -1.06. The summed E-state index contributed by atoms with van der Waals surface area (Å²) in [7, 11) is 1.27. The second kappa shape index (κ2) is 5.92. The molecule has 0 aliphatic heterocycles. The Morgan fingerprint density at radius 2 is 2.06 bits per heavy atom. The summed E-state index contributed by atoms with van der Waals surface area (Å²) in [5, 5.41) is 0. The average Bonchev–Trinajstić information content (AvgIpc) is 2.65. The number of carbonyl (C=O) groups is 2. The van der Waals surface area contributed by atoms with Crippen molar-refractivity contribution in [2.24, 2.45) is 0 Å². The number of hydrogen-bond acceptors (Lipinski definition) is 7. The molecule has 0 bridgehead atoms. The Morgan fingerprint density at radius 1 is 1.41 bits per heavy atom. The van der Waals surface area contributed by atoms with Gasteiger partial charge in [0.1, 0.15) is 10.4 Å². The zero-order valence-corrected chi connectivity index (χ0v) is 11.4. The highest BCUT2D eigenvalue weighted by molar-refractivity contribution is 8.00. The summed E-state index contributed by atoms with van der Waals surface area (Å²) in [6.07, 6.45) is 1.80. The number of anilines is 1. The molecule has 0 aliphatic carbocycles. The van der Waals surface area contributed by atoms with E-state index in [9.17, 15) is 9.59 Å². The molecule has 0 saturated heterocycles. The quantitative estimate of drug-likeness (QED) is 0.669. The highest BCUT2D eigenvalue weighted by Crippen LogP contribution is 2.37. The van der Waals surface area contributed by atoms with Gasteiger partial charge in [-0.05, 0) is 13.2 Å². The lowest BCUT2D eigenvalue weighted by Gasteiger charge is -2.03. The lowest BCUT2D eigenvalue weighted by Crippen LogP contribution is -2.09. The Kier molecular flexibility index (Phi) is 4.83. The topological polar surface area (TPSA) is 78.6 Å². The molecule has 5 nitrogen and oxygen atoms in total. The lowest BCUT2D eigenvalue weighted by molar-refractivity contribution is 0.0524. The summed E-state index contributed by atoms with van der Waals surface area (Å²) in [6, 6.07) is 0. The third-order valence-corrected chi connectivity index (χ3v) is 4.25. The first-order valence-corrected chi connectivity index (χ1v) is 6.82. The zero-order valence-electron chi connectivity index (χ0n) is 9.73. The number of nitrogens with two attached hydrogens (primary N) is 1. The molecular formula is C10H13NO4S2. The maximum atomic E-state index is 11.7. The van der Waals surface area contributed by atoms with Crippen LogP contribution in [0.3, 0.4) is 0 Å². The van der Waals surface area contributed by atoms with Crippen LogP contribution < -0.4 is 5.73 Å². The second-order valence-corrected chi connectivity index (χ2v) is 5.02. The van der Waals surface area contributed by atoms with Gasteiger partial charge in [0, 0.05) is 0 Å². The molecule has 1 rings (SSSR count). The standard InChI is InChI=1S/C10H13NO4S2/c1-4-15-8(12)5-6(11)7(9(13)14-2)17-10(5)16-3/h4,11H2,1-3H3. The van der Waals surface area contributed by atoms with Crippen LogP contribution in [0, 0.1) is 0 Å². The Morgan fingerprint density at radius 3 is 2.53 bits per heavy atom. The summed E-state index contributed by atoms with van der Waals surface area (Å²) < 4.78 is 10.2. The molecule has 2 N–H and O–H groups in total. The molecule has 1 heterocycles. The average molecular weight is 275 g/mol. The molecule has 0 fully saturated rings. The number of nitrogen functional groups attached to an aromatic ring is 1. The first kappa shape index (κ1) is 13.9. The van der Waals surface area contributed by atoms with Gasteiger partial charge in [0.15, 0.2) is 0 Å². The number of hydrogen-bond donors (Lipinski definition) is 1. The number of rotatable bonds is 4. The number of carbonyl (C=O) groups excluding carboxylic acids is 2. The molecule has 94 valence electrons. The molecule has 7 heteroatoms. The van der Waals surface area contributed by atoms with Crippen LogP contribution in [0.4, 0.5) is 5.69 Å². The molecule has 1 aromatic rings. The van der Waals surface area contributed by atoms with E-state index in [1.807, 2.05) is 0 Å². The fourth-order valence-electron chi connectivity index (χ4n) is 1.21. The SMILES string of the molecule is CCOC(=O)c1c(SC)sc(C(=O)OC)c1N. The smallest absolute Gasteiger partial charge is 0.350 e. The van der Waals surface area contributed by atoms with Crippen molar-refractivity contribution in [3.8, 4) is 0 Å². The molecular weight excluding hydrogens is 262 g/mol. The van der Waals surface area contributed by atoms with Crippen LogP contribution in [0.5, 0.6) is 0 Å². The number of thioether (sulfide) groups is 1. The van der Waals surface area contributed by atoms with Crippen LogP contribution >= 0.6 is 23.1 Å².